The van der Waals surface area contributed by atoms with E-state index >= 15 is 0 Å². The first-order valence-corrected chi connectivity index (χ1v) is 7.09. The van der Waals surface area contributed by atoms with Gasteiger partial charge in [-0.05, 0) is 25.1 Å². The molecule has 0 unspecified atom stereocenters. The van der Waals surface area contributed by atoms with E-state index in [1.807, 2.05) is 13.0 Å². The minimum absolute atomic E-state index is 0.303. The lowest BCUT2D eigenvalue weighted by Gasteiger charge is -2.04. The number of carbonyl (C=O) groups excluding carboxylic acids is 1. The van der Waals surface area contributed by atoms with Gasteiger partial charge in [0, 0.05) is 18.5 Å². The maximum Gasteiger partial charge on any atom is 0.260 e. The Morgan fingerprint density at radius 2 is 2.23 bits per heavy atom. The molecule has 0 aliphatic carbocycles. The van der Waals surface area contributed by atoms with Gasteiger partial charge in [-0.15, -0.1) is 0 Å². The van der Waals surface area contributed by atoms with Gasteiger partial charge in [0.05, 0.1) is 22.7 Å². The van der Waals surface area contributed by atoms with Gasteiger partial charge in [0.1, 0.15) is 11.3 Å². The number of fused-ring (bicyclic) bond motifs is 1. The summed E-state index contributed by atoms with van der Waals surface area (Å²) >= 11 is 5.77. The lowest BCUT2D eigenvalue weighted by Crippen LogP contribution is -2.12. The maximum atomic E-state index is 12.4. The Kier molecular flexibility index (Phi) is 3.93. The molecule has 7 heteroatoms. The average Bonchev–Trinajstić information content (AvgIpc) is 2.93. The molecule has 0 atom stereocenters. The average molecular weight is 317 g/mol. The summed E-state index contributed by atoms with van der Waals surface area (Å²) in [5, 5.41) is 3.21. The van der Waals surface area contributed by atoms with E-state index in [-0.39, 0.29) is 5.91 Å². The fourth-order valence-electron chi connectivity index (χ4n) is 2.02. The number of anilines is 1. The fraction of sp³-hybridized carbons (Fsp3) is 0.133. The van der Waals surface area contributed by atoms with Crippen LogP contribution in [0.2, 0.25) is 5.02 Å². The monoisotopic (exact) mass is 316 g/mol. The van der Waals surface area contributed by atoms with Crippen LogP contribution in [0.5, 0.6) is 5.88 Å². The molecule has 0 aromatic carbocycles. The van der Waals surface area contributed by atoms with Crippen LogP contribution < -0.4 is 10.1 Å². The molecule has 2 N–H and O–H groups in total. The van der Waals surface area contributed by atoms with Crippen LogP contribution in [-0.2, 0) is 0 Å². The molecule has 0 radical (unpaired) electrons. The van der Waals surface area contributed by atoms with Gasteiger partial charge in [-0.1, -0.05) is 11.6 Å². The molecule has 0 aliphatic heterocycles. The van der Waals surface area contributed by atoms with Crippen LogP contribution in [0, 0.1) is 0 Å². The molecule has 3 rings (SSSR count). The molecule has 0 aliphatic rings. The second-order valence-electron chi connectivity index (χ2n) is 4.50. The van der Waals surface area contributed by atoms with Crippen molar-refractivity contribution < 1.29 is 9.53 Å². The Bertz CT molecular complexity index is 814. The van der Waals surface area contributed by atoms with Crippen LogP contribution in [-0.4, -0.2) is 27.5 Å². The number of nitrogens with one attached hydrogen (secondary N) is 2. The van der Waals surface area contributed by atoms with E-state index in [9.17, 15) is 4.79 Å². The number of pyridine rings is 2. The molecule has 1 amide bonds. The van der Waals surface area contributed by atoms with Crippen molar-refractivity contribution in [2.75, 3.05) is 11.9 Å². The first-order chi connectivity index (χ1) is 10.7. The number of hydrogen-bond donors (Lipinski definition) is 2. The van der Waals surface area contributed by atoms with E-state index in [4.69, 9.17) is 16.3 Å². The van der Waals surface area contributed by atoms with Crippen molar-refractivity contribution in [1.29, 1.82) is 0 Å². The third-order valence-electron chi connectivity index (χ3n) is 3.00. The van der Waals surface area contributed by atoms with Crippen molar-refractivity contribution in [3.63, 3.8) is 0 Å². The van der Waals surface area contributed by atoms with Crippen LogP contribution in [0.1, 0.15) is 17.3 Å². The number of aromatic nitrogens is 3. The van der Waals surface area contributed by atoms with Crippen molar-refractivity contribution in [3.05, 3.63) is 47.2 Å². The number of hydrogen-bond acceptors (Lipinski definition) is 4. The molecule has 0 saturated carbocycles. The Morgan fingerprint density at radius 1 is 1.36 bits per heavy atom. The van der Waals surface area contributed by atoms with Crippen LogP contribution in [0.3, 0.4) is 0 Å². The standard InChI is InChI=1S/C15H13ClN4O2/c1-2-22-13-6-4-11-14(20-13)10(8-17-11)15(21)19-12-5-3-9(16)7-18-12/h3-8,17H,2H2,1H3,(H,18,19,21). The van der Waals surface area contributed by atoms with Crippen molar-refractivity contribution in [2.45, 2.75) is 6.92 Å². The van der Waals surface area contributed by atoms with E-state index in [1.165, 1.54) is 6.20 Å². The highest BCUT2D eigenvalue weighted by molar-refractivity contribution is 6.30. The Morgan fingerprint density at radius 3 is 2.95 bits per heavy atom. The topological polar surface area (TPSA) is 79.9 Å². The molecule has 22 heavy (non-hydrogen) atoms. The maximum absolute atomic E-state index is 12.4. The van der Waals surface area contributed by atoms with E-state index in [1.54, 1.807) is 24.4 Å². The predicted molar refractivity (Wildman–Crippen MR) is 84.5 cm³/mol. The number of rotatable bonds is 4. The highest BCUT2D eigenvalue weighted by atomic mass is 35.5. The molecule has 112 valence electrons. The second-order valence-corrected chi connectivity index (χ2v) is 4.93. The second kappa shape index (κ2) is 6.03. The van der Waals surface area contributed by atoms with Gasteiger partial charge in [-0.3, -0.25) is 4.79 Å². The van der Waals surface area contributed by atoms with Crippen molar-refractivity contribution in [1.82, 2.24) is 15.0 Å². The molecule has 3 heterocycles. The van der Waals surface area contributed by atoms with Crippen LogP contribution >= 0.6 is 11.6 Å². The number of amides is 1. The SMILES string of the molecule is CCOc1ccc2[nH]cc(C(=O)Nc3ccc(Cl)cn3)c2n1. The lowest BCUT2D eigenvalue weighted by molar-refractivity contribution is 0.102. The highest BCUT2D eigenvalue weighted by Crippen LogP contribution is 2.21. The first kappa shape index (κ1) is 14.3. The van der Waals surface area contributed by atoms with Gasteiger partial charge in [0.2, 0.25) is 5.88 Å². The highest BCUT2D eigenvalue weighted by Gasteiger charge is 2.14. The third-order valence-corrected chi connectivity index (χ3v) is 3.23. The molecule has 0 saturated heterocycles. The molecular weight excluding hydrogens is 304 g/mol. The summed E-state index contributed by atoms with van der Waals surface area (Å²) in [7, 11) is 0. The first-order valence-electron chi connectivity index (χ1n) is 6.71. The number of carbonyl (C=O) groups is 1. The minimum Gasteiger partial charge on any atom is -0.478 e. The molecule has 0 spiro atoms. The largest absolute Gasteiger partial charge is 0.478 e. The number of ether oxygens (including phenoxy) is 1. The van der Waals surface area contributed by atoms with Crippen LogP contribution in [0.4, 0.5) is 5.82 Å². The lowest BCUT2D eigenvalue weighted by atomic mass is 10.2. The number of aromatic amines is 1. The molecular formula is C15H13ClN4O2. The summed E-state index contributed by atoms with van der Waals surface area (Å²) in [5.74, 6) is 0.597. The van der Waals surface area contributed by atoms with E-state index < -0.39 is 0 Å². The predicted octanol–water partition coefficient (Wildman–Crippen LogP) is 3.26. The van der Waals surface area contributed by atoms with Crippen LogP contribution in [0.15, 0.2) is 36.7 Å². The Balaban J connectivity index is 1.89. The Hall–Kier alpha value is -2.60. The minimum atomic E-state index is -0.303. The van der Waals surface area contributed by atoms with E-state index in [0.717, 1.165) is 5.52 Å². The summed E-state index contributed by atoms with van der Waals surface area (Å²) in [4.78, 5) is 23.8. The fourth-order valence-corrected chi connectivity index (χ4v) is 2.13. The van der Waals surface area contributed by atoms with Gasteiger partial charge in [-0.2, -0.15) is 0 Å². The van der Waals surface area contributed by atoms with Crippen LogP contribution in [0.25, 0.3) is 11.0 Å². The summed E-state index contributed by atoms with van der Waals surface area (Å²) in [6.07, 6.45) is 3.08. The summed E-state index contributed by atoms with van der Waals surface area (Å²) in [6, 6.07) is 6.87. The quantitative estimate of drug-likeness (QED) is 0.774. The van der Waals surface area contributed by atoms with Gasteiger partial charge < -0.3 is 15.0 Å². The van der Waals surface area contributed by atoms with Gasteiger partial charge in [0.25, 0.3) is 5.91 Å². The number of H-pyrrole nitrogens is 1. The molecule has 6 nitrogen and oxygen atoms in total. The van der Waals surface area contributed by atoms with E-state index in [0.29, 0.717) is 34.4 Å². The number of halogens is 1. The normalized spacial score (nSPS) is 10.6. The van der Waals surface area contributed by atoms with Crippen molar-refractivity contribution in [2.24, 2.45) is 0 Å². The zero-order chi connectivity index (χ0) is 15.5. The van der Waals surface area contributed by atoms with Gasteiger partial charge in [0.15, 0.2) is 0 Å². The summed E-state index contributed by atoms with van der Waals surface area (Å²) in [6.45, 7) is 2.39. The third kappa shape index (κ3) is 2.87. The zero-order valence-electron chi connectivity index (χ0n) is 11.8. The smallest absolute Gasteiger partial charge is 0.260 e. The molecule has 3 aromatic heterocycles. The molecule has 3 aromatic rings. The van der Waals surface area contributed by atoms with Gasteiger partial charge in [-0.25, -0.2) is 9.97 Å². The summed E-state index contributed by atoms with van der Waals surface area (Å²) < 4.78 is 5.37. The number of nitrogens with zero attached hydrogens (tertiary/aromatic N) is 2. The summed E-state index contributed by atoms with van der Waals surface area (Å²) in [5.41, 5.74) is 1.74. The molecule has 0 bridgehead atoms. The van der Waals surface area contributed by atoms with E-state index in [2.05, 4.69) is 20.3 Å². The van der Waals surface area contributed by atoms with Crippen molar-refractivity contribution >= 4 is 34.4 Å². The zero-order valence-corrected chi connectivity index (χ0v) is 12.5. The molecule has 0 fully saturated rings. The Labute approximate surface area is 131 Å². The van der Waals surface area contributed by atoms with Gasteiger partial charge >= 0.3 is 0 Å². The van der Waals surface area contributed by atoms with Crippen molar-refractivity contribution in [3.8, 4) is 5.88 Å².